The summed E-state index contributed by atoms with van der Waals surface area (Å²) in [4.78, 5) is 0. The number of allylic oxidation sites excluding steroid dienone is 4. The number of benzene rings is 1. The van der Waals surface area contributed by atoms with Crippen molar-refractivity contribution in [2.45, 2.75) is 25.7 Å². The van der Waals surface area contributed by atoms with Gasteiger partial charge in [-0.3, -0.25) is 0 Å². The van der Waals surface area contributed by atoms with Gasteiger partial charge in [-0.2, -0.15) is 15.8 Å². The Balaban J connectivity index is 2.34. The molecule has 0 heterocycles. The fourth-order valence-corrected chi connectivity index (χ4v) is 4.57. The number of nitriles is 3. The third-order valence-corrected chi connectivity index (χ3v) is 5.81. The van der Waals surface area contributed by atoms with E-state index in [1.807, 2.05) is 24.3 Å². The van der Waals surface area contributed by atoms with Crippen LogP contribution in [0.3, 0.4) is 0 Å². The van der Waals surface area contributed by atoms with Crippen LogP contribution in [0.1, 0.15) is 31.2 Å². The maximum absolute atomic E-state index is 9.96. The molecule has 25 heavy (non-hydrogen) atoms. The average molecular weight is 393 g/mol. The summed E-state index contributed by atoms with van der Waals surface area (Å²) >= 11 is 3.47. The smallest absolute Gasteiger partial charge is 0.191 e. The third-order valence-electron chi connectivity index (χ3n) is 5.32. The third kappa shape index (κ3) is 2.55. The summed E-state index contributed by atoms with van der Waals surface area (Å²) in [5, 5.41) is 29.5. The average Bonchev–Trinajstić information content (AvgIpc) is 2.61. The van der Waals surface area contributed by atoms with Gasteiger partial charge in [0.1, 0.15) is 6.07 Å². The summed E-state index contributed by atoms with van der Waals surface area (Å²) in [6.45, 7) is 2.15. The standard InChI is InChI=1S/C20H17BrN4/c1-12-5-6-15-16(7-12)18(13-3-2-4-14(21)8-13)20(10-23,11-24)19(25)17(15)9-22/h2-4,6,8,12,16,18H,5,7,25H2,1H3/t12-,16-,18-/m1/s1. The van der Waals surface area contributed by atoms with Gasteiger partial charge in [-0.15, -0.1) is 0 Å². The van der Waals surface area contributed by atoms with Crippen LogP contribution in [0.5, 0.6) is 0 Å². The molecule has 0 amide bonds. The molecule has 0 aliphatic heterocycles. The number of hydrogen-bond acceptors (Lipinski definition) is 4. The Labute approximate surface area is 156 Å². The zero-order valence-corrected chi connectivity index (χ0v) is 15.4. The highest BCUT2D eigenvalue weighted by Gasteiger charge is 2.54. The van der Waals surface area contributed by atoms with E-state index in [0.717, 1.165) is 28.5 Å². The number of fused-ring (bicyclic) bond motifs is 1. The van der Waals surface area contributed by atoms with E-state index < -0.39 is 11.3 Å². The highest BCUT2D eigenvalue weighted by molar-refractivity contribution is 9.10. The summed E-state index contributed by atoms with van der Waals surface area (Å²) in [6, 6.07) is 14.1. The summed E-state index contributed by atoms with van der Waals surface area (Å²) < 4.78 is 0.887. The molecule has 0 unspecified atom stereocenters. The SMILES string of the molecule is C[C@@H]1CC=C2C(C#N)=C(N)C(C#N)(C#N)[C@H](c3cccc(Br)c3)[C@@H]2C1. The predicted molar refractivity (Wildman–Crippen MR) is 97.3 cm³/mol. The topological polar surface area (TPSA) is 97.4 Å². The normalized spacial score (nSPS) is 27.3. The van der Waals surface area contributed by atoms with Gasteiger partial charge in [-0.1, -0.05) is 41.1 Å². The van der Waals surface area contributed by atoms with Crippen molar-refractivity contribution in [2.24, 2.45) is 23.0 Å². The van der Waals surface area contributed by atoms with Crippen LogP contribution in [0.2, 0.25) is 0 Å². The van der Waals surface area contributed by atoms with Crippen LogP contribution in [-0.4, -0.2) is 0 Å². The maximum atomic E-state index is 9.96. The minimum Gasteiger partial charge on any atom is -0.399 e. The number of rotatable bonds is 1. The second-order valence-electron chi connectivity index (χ2n) is 6.81. The monoisotopic (exact) mass is 392 g/mol. The molecule has 0 bridgehead atoms. The van der Waals surface area contributed by atoms with Crippen molar-refractivity contribution in [3.63, 3.8) is 0 Å². The van der Waals surface area contributed by atoms with Crippen LogP contribution >= 0.6 is 15.9 Å². The van der Waals surface area contributed by atoms with E-state index in [1.165, 1.54) is 0 Å². The molecular weight excluding hydrogens is 376 g/mol. The molecule has 0 radical (unpaired) electrons. The van der Waals surface area contributed by atoms with Crippen molar-refractivity contribution < 1.29 is 0 Å². The van der Waals surface area contributed by atoms with E-state index in [9.17, 15) is 15.8 Å². The number of hydrogen-bond donors (Lipinski definition) is 1. The van der Waals surface area contributed by atoms with Gasteiger partial charge in [0, 0.05) is 10.4 Å². The number of nitrogens with two attached hydrogens (primary N) is 1. The molecule has 1 aromatic carbocycles. The van der Waals surface area contributed by atoms with Crippen LogP contribution < -0.4 is 5.73 Å². The molecule has 0 aromatic heterocycles. The van der Waals surface area contributed by atoms with E-state index in [-0.39, 0.29) is 11.6 Å². The van der Waals surface area contributed by atoms with E-state index >= 15 is 0 Å². The van der Waals surface area contributed by atoms with Gasteiger partial charge in [-0.05, 0) is 47.9 Å². The fraction of sp³-hybridized carbons (Fsp3) is 0.350. The molecule has 0 saturated heterocycles. The van der Waals surface area contributed by atoms with Crippen molar-refractivity contribution >= 4 is 15.9 Å². The largest absolute Gasteiger partial charge is 0.399 e. The molecule has 2 N–H and O–H groups in total. The molecule has 0 fully saturated rings. The molecule has 2 aliphatic rings. The first-order valence-electron chi connectivity index (χ1n) is 8.17. The van der Waals surface area contributed by atoms with E-state index in [1.54, 1.807) is 0 Å². The Hall–Kier alpha value is -2.55. The molecular formula is C20H17BrN4. The molecule has 1 aromatic rings. The van der Waals surface area contributed by atoms with Gasteiger partial charge in [0.2, 0.25) is 0 Å². The molecule has 5 heteroatoms. The molecule has 0 saturated carbocycles. The molecule has 4 nitrogen and oxygen atoms in total. The highest BCUT2D eigenvalue weighted by atomic mass is 79.9. The van der Waals surface area contributed by atoms with Crippen LogP contribution in [0.15, 0.2) is 51.7 Å². The Morgan fingerprint density at radius 2 is 1.96 bits per heavy atom. The lowest BCUT2D eigenvalue weighted by atomic mass is 9.56. The lowest BCUT2D eigenvalue weighted by molar-refractivity contribution is 0.284. The number of nitrogens with zero attached hydrogens (tertiary/aromatic N) is 3. The first-order valence-corrected chi connectivity index (χ1v) is 8.96. The molecule has 2 aliphatic carbocycles. The van der Waals surface area contributed by atoms with Gasteiger partial charge in [0.15, 0.2) is 5.41 Å². The van der Waals surface area contributed by atoms with Crippen LogP contribution in [-0.2, 0) is 0 Å². The van der Waals surface area contributed by atoms with Crippen molar-refractivity contribution in [2.75, 3.05) is 0 Å². The minimum absolute atomic E-state index is 0.0701. The van der Waals surface area contributed by atoms with E-state index in [4.69, 9.17) is 5.73 Å². The van der Waals surface area contributed by atoms with E-state index in [0.29, 0.717) is 11.5 Å². The molecule has 3 rings (SSSR count). The van der Waals surface area contributed by atoms with Gasteiger partial charge < -0.3 is 5.73 Å². The van der Waals surface area contributed by atoms with Crippen LogP contribution in [0.25, 0.3) is 0 Å². The summed E-state index contributed by atoms with van der Waals surface area (Å²) in [7, 11) is 0. The van der Waals surface area contributed by atoms with E-state index in [2.05, 4.69) is 47.1 Å². The quantitative estimate of drug-likeness (QED) is 0.770. The van der Waals surface area contributed by atoms with Gasteiger partial charge in [0.05, 0.1) is 23.4 Å². The first kappa shape index (κ1) is 17.3. The zero-order valence-electron chi connectivity index (χ0n) is 13.8. The Morgan fingerprint density at radius 3 is 2.56 bits per heavy atom. The summed E-state index contributed by atoms with van der Waals surface area (Å²) in [6.07, 6.45) is 3.77. The fourth-order valence-electron chi connectivity index (χ4n) is 4.15. The molecule has 124 valence electrons. The second kappa shape index (κ2) is 6.40. The summed E-state index contributed by atoms with van der Waals surface area (Å²) in [5.74, 6) is -0.0387. The van der Waals surface area contributed by atoms with Gasteiger partial charge >= 0.3 is 0 Å². The summed E-state index contributed by atoms with van der Waals surface area (Å²) in [5.41, 5.74) is 6.90. The Kier molecular flexibility index (Phi) is 4.42. The highest BCUT2D eigenvalue weighted by Crippen LogP contribution is 2.56. The maximum Gasteiger partial charge on any atom is 0.191 e. The second-order valence-corrected chi connectivity index (χ2v) is 7.72. The van der Waals surface area contributed by atoms with Gasteiger partial charge in [-0.25, -0.2) is 0 Å². The Bertz CT molecular complexity index is 893. The van der Waals surface area contributed by atoms with Crippen LogP contribution in [0.4, 0.5) is 0 Å². The predicted octanol–water partition coefficient (Wildman–Crippen LogP) is 4.29. The Morgan fingerprint density at radius 1 is 1.24 bits per heavy atom. The number of halogens is 1. The molecule has 3 atom stereocenters. The van der Waals surface area contributed by atoms with Crippen molar-refractivity contribution in [1.29, 1.82) is 15.8 Å². The van der Waals surface area contributed by atoms with Crippen molar-refractivity contribution in [1.82, 2.24) is 0 Å². The van der Waals surface area contributed by atoms with Crippen molar-refractivity contribution in [3.8, 4) is 18.2 Å². The van der Waals surface area contributed by atoms with Crippen LogP contribution in [0, 0.1) is 51.2 Å². The first-order chi connectivity index (χ1) is 12.0. The lowest BCUT2D eigenvalue weighted by Crippen LogP contribution is -2.43. The van der Waals surface area contributed by atoms with Crippen molar-refractivity contribution in [3.05, 3.63) is 57.2 Å². The molecule has 0 spiro atoms. The minimum atomic E-state index is -1.54. The lowest BCUT2D eigenvalue weighted by Gasteiger charge is -2.44. The zero-order chi connectivity index (χ0) is 18.2. The van der Waals surface area contributed by atoms with Gasteiger partial charge in [0.25, 0.3) is 0 Å².